The Morgan fingerprint density at radius 2 is 2.11 bits per heavy atom. The van der Waals surface area contributed by atoms with Crippen LogP contribution in [-0.2, 0) is 0 Å². The molecule has 0 fully saturated rings. The summed E-state index contributed by atoms with van der Waals surface area (Å²) < 4.78 is 2.34. The fraction of sp³-hybridized carbons (Fsp3) is 0.0714. The number of hydrogen-bond acceptors (Lipinski definition) is 3. The van der Waals surface area contributed by atoms with E-state index in [1.165, 1.54) is 0 Å². The van der Waals surface area contributed by atoms with Crippen molar-refractivity contribution in [1.82, 2.24) is 14.5 Å². The van der Waals surface area contributed by atoms with E-state index in [1.54, 1.807) is 16.8 Å². The van der Waals surface area contributed by atoms with Crippen molar-refractivity contribution in [3.63, 3.8) is 0 Å². The van der Waals surface area contributed by atoms with E-state index < -0.39 is 0 Å². The van der Waals surface area contributed by atoms with Gasteiger partial charge in [0.25, 0.3) is 0 Å². The van der Waals surface area contributed by atoms with E-state index in [9.17, 15) is 5.26 Å². The lowest BCUT2D eigenvalue weighted by Gasteiger charge is -2.05. The van der Waals surface area contributed by atoms with Crippen LogP contribution in [0.1, 0.15) is 11.1 Å². The lowest BCUT2D eigenvalue weighted by Crippen LogP contribution is -1.98. The Bertz CT molecular complexity index is 867. The highest BCUT2D eigenvalue weighted by molar-refractivity contribution is 7.71. The zero-order valence-electron chi connectivity index (χ0n) is 10.2. The van der Waals surface area contributed by atoms with Crippen molar-refractivity contribution in [3.05, 3.63) is 52.4 Å². The van der Waals surface area contributed by atoms with Crippen molar-refractivity contribution in [1.29, 1.82) is 5.26 Å². The van der Waals surface area contributed by atoms with Crippen molar-refractivity contribution >= 4 is 23.4 Å². The maximum atomic E-state index is 9.21. The second kappa shape index (κ2) is 4.34. The molecule has 0 aliphatic rings. The molecule has 1 aromatic carbocycles. The highest BCUT2D eigenvalue weighted by atomic mass is 32.1. The van der Waals surface area contributed by atoms with Gasteiger partial charge in [0, 0.05) is 6.20 Å². The molecule has 0 radical (unpaired) electrons. The number of benzene rings is 1. The molecule has 1 N–H and O–H groups in total. The van der Waals surface area contributed by atoms with E-state index in [4.69, 9.17) is 12.2 Å². The fourth-order valence-electron chi connectivity index (χ4n) is 2.11. The quantitative estimate of drug-likeness (QED) is 0.688. The zero-order valence-corrected chi connectivity index (χ0v) is 11.0. The molecule has 0 bridgehead atoms. The van der Waals surface area contributed by atoms with Crippen LogP contribution in [-0.4, -0.2) is 14.5 Å². The summed E-state index contributed by atoms with van der Waals surface area (Å²) in [4.78, 5) is 7.52. The van der Waals surface area contributed by atoms with Crippen LogP contribution in [0, 0.1) is 23.0 Å². The summed E-state index contributed by atoms with van der Waals surface area (Å²) >= 11 is 5.36. The Kier molecular flexibility index (Phi) is 2.65. The van der Waals surface area contributed by atoms with Crippen molar-refractivity contribution < 1.29 is 0 Å². The maximum absolute atomic E-state index is 9.21. The van der Waals surface area contributed by atoms with Crippen LogP contribution in [0.25, 0.3) is 16.9 Å². The van der Waals surface area contributed by atoms with Gasteiger partial charge in [-0.15, -0.1) is 0 Å². The number of nitrogens with zero attached hydrogens (tertiary/aromatic N) is 3. The van der Waals surface area contributed by atoms with E-state index in [0.717, 1.165) is 22.4 Å². The number of fused-ring (bicyclic) bond motifs is 1. The predicted octanol–water partition coefficient (Wildman–Crippen LogP) is 3.26. The Hall–Kier alpha value is -2.45. The summed E-state index contributed by atoms with van der Waals surface area (Å²) in [5.41, 5.74) is 4.04. The van der Waals surface area contributed by atoms with Gasteiger partial charge in [-0.3, -0.25) is 4.57 Å². The number of aromatic nitrogens is 3. The first-order chi connectivity index (χ1) is 9.22. The van der Waals surface area contributed by atoms with Gasteiger partial charge in [0.15, 0.2) is 10.4 Å². The van der Waals surface area contributed by atoms with E-state index >= 15 is 0 Å². The Morgan fingerprint density at radius 1 is 1.32 bits per heavy atom. The molecule has 0 saturated carbocycles. The Labute approximate surface area is 115 Å². The van der Waals surface area contributed by atoms with Gasteiger partial charge in [-0.25, -0.2) is 4.98 Å². The molecule has 2 heterocycles. The maximum Gasteiger partial charge on any atom is 0.184 e. The smallest absolute Gasteiger partial charge is 0.184 e. The molecule has 0 amide bonds. The first kappa shape index (κ1) is 11.6. The summed E-state index contributed by atoms with van der Waals surface area (Å²) in [5, 5.41) is 9.21. The molecule has 19 heavy (non-hydrogen) atoms. The molecular formula is C14H10N4S. The van der Waals surface area contributed by atoms with Crippen molar-refractivity contribution in [3.8, 4) is 11.8 Å². The lowest BCUT2D eigenvalue weighted by molar-refractivity contribution is 1.04. The molecular weight excluding hydrogens is 256 g/mol. The topological polar surface area (TPSA) is 57.4 Å². The minimum absolute atomic E-state index is 0.541. The van der Waals surface area contributed by atoms with Crippen LogP contribution >= 0.6 is 12.2 Å². The van der Waals surface area contributed by atoms with Crippen LogP contribution in [0.5, 0.6) is 0 Å². The molecule has 0 aliphatic carbocycles. The molecule has 0 aliphatic heterocycles. The number of imidazole rings is 1. The van der Waals surface area contributed by atoms with Gasteiger partial charge in [-0.2, -0.15) is 5.26 Å². The Balaban J connectivity index is 2.45. The van der Waals surface area contributed by atoms with Crippen molar-refractivity contribution in [2.75, 3.05) is 0 Å². The summed E-state index contributed by atoms with van der Waals surface area (Å²) in [6, 6.07) is 11.5. The molecule has 5 heteroatoms. The van der Waals surface area contributed by atoms with Gasteiger partial charge in [0.05, 0.1) is 16.8 Å². The fourth-order valence-corrected chi connectivity index (χ4v) is 2.40. The first-order valence-electron chi connectivity index (χ1n) is 5.78. The largest absolute Gasteiger partial charge is 0.329 e. The molecule has 2 aromatic heterocycles. The molecule has 0 unspecified atom stereocenters. The molecule has 0 spiro atoms. The minimum Gasteiger partial charge on any atom is -0.329 e. The number of pyridine rings is 1. The van der Waals surface area contributed by atoms with E-state index in [2.05, 4.69) is 16.0 Å². The molecule has 3 rings (SSSR count). The van der Waals surface area contributed by atoms with Crippen LogP contribution in [0.4, 0.5) is 0 Å². The number of H-pyrrole nitrogens is 1. The standard InChI is InChI=1S/C14H10N4S/c1-9-6-7-16-13-12(9)17-14(19)18(13)11-5-3-2-4-10(11)8-15/h2-7H,1H3,(H,17,19). The number of aromatic amines is 1. The van der Waals surface area contributed by atoms with Crippen LogP contribution < -0.4 is 0 Å². The van der Waals surface area contributed by atoms with E-state index in [0.29, 0.717) is 10.3 Å². The van der Waals surface area contributed by atoms with E-state index in [1.807, 2.05) is 31.2 Å². The number of nitrogens with one attached hydrogen (secondary N) is 1. The highest BCUT2D eigenvalue weighted by Gasteiger charge is 2.11. The first-order valence-corrected chi connectivity index (χ1v) is 6.19. The molecule has 92 valence electrons. The number of hydrogen-bond donors (Lipinski definition) is 1. The van der Waals surface area contributed by atoms with Gasteiger partial charge < -0.3 is 4.98 Å². The van der Waals surface area contributed by atoms with Gasteiger partial charge in [0.2, 0.25) is 0 Å². The zero-order chi connectivity index (χ0) is 13.4. The van der Waals surface area contributed by atoms with Gasteiger partial charge in [-0.1, -0.05) is 12.1 Å². The number of nitriles is 1. The van der Waals surface area contributed by atoms with Gasteiger partial charge in [-0.05, 0) is 42.9 Å². The van der Waals surface area contributed by atoms with Gasteiger partial charge >= 0.3 is 0 Å². The summed E-state index contributed by atoms with van der Waals surface area (Å²) in [5.74, 6) is 0. The predicted molar refractivity (Wildman–Crippen MR) is 75.7 cm³/mol. The third-order valence-electron chi connectivity index (χ3n) is 3.05. The average molecular weight is 266 g/mol. The molecule has 3 aromatic rings. The Morgan fingerprint density at radius 3 is 2.89 bits per heavy atom. The van der Waals surface area contributed by atoms with Crippen molar-refractivity contribution in [2.24, 2.45) is 0 Å². The molecule has 4 nitrogen and oxygen atoms in total. The third-order valence-corrected chi connectivity index (χ3v) is 3.34. The number of para-hydroxylation sites is 1. The third kappa shape index (κ3) is 1.74. The lowest BCUT2D eigenvalue weighted by atomic mass is 10.2. The van der Waals surface area contributed by atoms with Crippen LogP contribution in [0.2, 0.25) is 0 Å². The second-order valence-corrected chi connectivity index (χ2v) is 4.61. The van der Waals surface area contributed by atoms with Gasteiger partial charge in [0.1, 0.15) is 6.07 Å². The normalized spacial score (nSPS) is 10.5. The molecule has 0 atom stereocenters. The number of aryl methyl sites for hydroxylation is 1. The molecule has 0 saturated heterocycles. The van der Waals surface area contributed by atoms with Crippen LogP contribution in [0.15, 0.2) is 36.5 Å². The summed E-state index contributed by atoms with van der Waals surface area (Å²) in [7, 11) is 0. The SMILES string of the molecule is Cc1ccnc2c1[nH]c(=S)n2-c1ccccc1C#N. The minimum atomic E-state index is 0.541. The highest BCUT2D eigenvalue weighted by Crippen LogP contribution is 2.22. The van der Waals surface area contributed by atoms with E-state index in [-0.39, 0.29) is 0 Å². The van der Waals surface area contributed by atoms with Crippen molar-refractivity contribution in [2.45, 2.75) is 6.92 Å². The second-order valence-electron chi connectivity index (χ2n) is 4.22. The van der Waals surface area contributed by atoms with Crippen LogP contribution in [0.3, 0.4) is 0 Å². The summed E-state index contributed by atoms with van der Waals surface area (Å²) in [6.45, 7) is 2.00. The average Bonchev–Trinajstić information content (AvgIpc) is 2.76. The monoisotopic (exact) mass is 266 g/mol. The summed E-state index contributed by atoms with van der Waals surface area (Å²) in [6.07, 6.45) is 1.74. The number of rotatable bonds is 1.